The monoisotopic (exact) mass is 459 g/mol. The van der Waals surface area contributed by atoms with Crippen molar-refractivity contribution in [3.8, 4) is 22.8 Å². The van der Waals surface area contributed by atoms with E-state index in [0.29, 0.717) is 49.4 Å². The molecule has 0 radical (unpaired) electrons. The van der Waals surface area contributed by atoms with Crippen molar-refractivity contribution in [2.75, 3.05) is 31.5 Å². The second kappa shape index (κ2) is 9.40. The molecule has 1 aliphatic rings. The Morgan fingerprint density at radius 2 is 1.79 bits per heavy atom. The Balaban J connectivity index is 1.17. The SMILES string of the molecule is CC(c1nc(-c2ccccc2)no1)N1CCN(C(=O)Nc2cccc(-c3nnnn3C)c2)CC1. The summed E-state index contributed by atoms with van der Waals surface area (Å²) in [6.45, 7) is 4.67. The van der Waals surface area contributed by atoms with Crippen LogP contribution in [0.15, 0.2) is 59.1 Å². The number of aryl methyl sites for hydroxylation is 1. The fourth-order valence-corrected chi connectivity index (χ4v) is 3.99. The van der Waals surface area contributed by atoms with Crippen LogP contribution in [0.1, 0.15) is 18.9 Å². The predicted molar refractivity (Wildman–Crippen MR) is 125 cm³/mol. The number of hydrogen-bond donors (Lipinski definition) is 1. The number of tetrazole rings is 1. The molecule has 4 aromatic rings. The van der Waals surface area contributed by atoms with Crippen molar-refractivity contribution in [3.63, 3.8) is 0 Å². The molecule has 1 saturated heterocycles. The molecule has 2 aromatic carbocycles. The molecule has 1 N–H and O–H groups in total. The first-order chi connectivity index (χ1) is 16.6. The number of carbonyl (C=O) groups is 1. The maximum absolute atomic E-state index is 12.8. The predicted octanol–water partition coefficient (Wildman–Crippen LogP) is 2.84. The van der Waals surface area contributed by atoms with Gasteiger partial charge in [0.05, 0.1) is 6.04 Å². The maximum atomic E-state index is 12.8. The van der Waals surface area contributed by atoms with Gasteiger partial charge in [-0.3, -0.25) is 4.90 Å². The zero-order chi connectivity index (χ0) is 23.5. The summed E-state index contributed by atoms with van der Waals surface area (Å²) < 4.78 is 7.12. The van der Waals surface area contributed by atoms with Crippen LogP contribution in [0.5, 0.6) is 0 Å². The fraction of sp³-hybridized carbons (Fsp3) is 0.304. The van der Waals surface area contributed by atoms with Crippen molar-refractivity contribution in [1.82, 2.24) is 40.1 Å². The third kappa shape index (κ3) is 4.50. The summed E-state index contributed by atoms with van der Waals surface area (Å²) >= 11 is 0. The van der Waals surface area contributed by atoms with Crippen LogP contribution in [0.25, 0.3) is 22.8 Å². The molecular weight excluding hydrogens is 434 g/mol. The van der Waals surface area contributed by atoms with Gasteiger partial charge in [-0.25, -0.2) is 9.48 Å². The highest BCUT2D eigenvalue weighted by Gasteiger charge is 2.28. The average Bonchev–Trinajstić information content (AvgIpc) is 3.54. The van der Waals surface area contributed by atoms with Crippen molar-refractivity contribution < 1.29 is 9.32 Å². The molecule has 5 rings (SSSR count). The number of nitrogens with one attached hydrogen (secondary N) is 1. The van der Waals surface area contributed by atoms with Gasteiger partial charge in [-0.05, 0) is 29.5 Å². The van der Waals surface area contributed by atoms with E-state index in [-0.39, 0.29) is 12.1 Å². The Hall–Kier alpha value is -4.12. The number of carbonyl (C=O) groups excluding carboxylic acids is 1. The molecule has 1 aliphatic heterocycles. The normalized spacial score (nSPS) is 15.3. The molecule has 2 aromatic heterocycles. The van der Waals surface area contributed by atoms with Crippen LogP contribution in [0.2, 0.25) is 0 Å². The Bertz CT molecular complexity index is 1260. The number of aromatic nitrogens is 6. The van der Waals surface area contributed by atoms with Gasteiger partial charge < -0.3 is 14.7 Å². The molecule has 11 heteroatoms. The Labute approximate surface area is 196 Å². The summed E-state index contributed by atoms with van der Waals surface area (Å²) in [6.07, 6.45) is 0. The average molecular weight is 460 g/mol. The van der Waals surface area contributed by atoms with Gasteiger partial charge in [-0.1, -0.05) is 47.6 Å². The lowest BCUT2D eigenvalue weighted by Crippen LogP contribution is -2.50. The Morgan fingerprint density at radius 1 is 1.03 bits per heavy atom. The summed E-state index contributed by atoms with van der Waals surface area (Å²) in [7, 11) is 1.78. The molecule has 1 atom stereocenters. The Morgan fingerprint density at radius 3 is 2.53 bits per heavy atom. The lowest BCUT2D eigenvalue weighted by molar-refractivity contribution is 0.104. The van der Waals surface area contributed by atoms with E-state index in [9.17, 15) is 4.79 Å². The van der Waals surface area contributed by atoms with E-state index < -0.39 is 0 Å². The number of benzene rings is 2. The minimum atomic E-state index is -0.135. The largest absolute Gasteiger partial charge is 0.337 e. The quantitative estimate of drug-likeness (QED) is 0.484. The van der Waals surface area contributed by atoms with E-state index in [4.69, 9.17) is 4.52 Å². The van der Waals surface area contributed by atoms with Crippen molar-refractivity contribution in [2.45, 2.75) is 13.0 Å². The summed E-state index contributed by atoms with van der Waals surface area (Å²) in [4.78, 5) is 21.5. The number of hydrogen-bond acceptors (Lipinski definition) is 8. The highest BCUT2D eigenvalue weighted by atomic mass is 16.5. The van der Waals surface area contributed by atoms with Crippen LogP contribution >= 0.6 is 0 Å². The number of amides is 2. The minimum absolute atomic E-state index is 0.0353. The van der Waals surface area contributed by atoms with Crippen LogP contribution in [0.4, 0.5) is 10.5 Å². The maximum Gasteiger partial charge on any atom is 0.321 e. The van der Waals surface area contributed by atoms with Gasteiger partial charge in [0.15, 0.2) is 5.82 Å². The van der Waals surface area contributed by atoms with Crippen molar-refractivity contribution in [2.24, 2.45) is 7.05 Å². The number of urea groups is 1. The second-order valence-electron chi connectivity index (χ2n) is 8.16. The molecule has 0 spiro atoms. The highest BCUT2D eigenvalue weighted by Crippen LogP contribution is 2.24. The highest BCUT2D eigenvalue weighted by molar-refractivity contribution is 5.90. The zero-order valence-corrected chi connectivity index (χ0v) is 19.0. The van der Waals surface area contributed by atoms with Gasteiger partial charge in [0.25, 0.3) is 0 Å². The molecule has 0 bridgehead atoms. The van der Waals surface area contributed by atoms with Gasteiger partial charge >= 0.3 is 6.03 Å². The summed E-state index contributed by atoms with van der Waals surface area (Å²) in [6, 6.07) is 17.1. The lowest BCUT2D eigenvalue weighted by atomic mass is 10.2. The van der Waals surface area contributed by atoms with Crippen molar-refractivity contribution >= 4 is 11.7 Å². The summed E-state index contributed by atoms with van der Waals surface area (Å²) in [5.41, 5.74) is 2.45. The number of nitrogens with zero attached hydrogens (tertiary/aromatic N) is 8. The summed E-state index contributed by atoms with van der Waals surface area (Å²) in [5, 5.41) is 18.6. The van der Waals surface area contributed by atoms with Gasteiger partial charge in [0.2, 0.25) is 11.7 Å². The third-order valence-corrected chi connectivity index (χ3v) is 5.97. The van der Waals surface area contributed by atoms with Crippen LogP contribution < -0.4 is 5.32 Å². The van der Waals surface area contributed by atoms with E-state index >= 15 is 0 Å². The molecule has 1 fully saturated rings. The fourth-order valence-electron chi connectivity index (χ4n) is 3.99. The minimum Gasteiger partial charge on any atom is -0.337 e. The number of rotatable bonds is 5. The van der Waals surface area contributed by atoms with Crippen molar-refractivity contribution in [3.05, 3.63) is 60.5 Å². The van der Waals surface area contributed by atoms with E-state index in [1.807, 2.05) is 66.4 Å². The van der Waals surface area contributed by atoms with E-state index in [1.165, 1.54) is 0 Å². The van der Waals surface area contributed by atoms with Gasteiger partial charge in [0.1, 0.15) is 0 Å². The first-order valence-electron chi connectivity index (χ1n) is 11.1. The van der Waals surface area contributed by atoms with Gasteiger partial charge in [0, 0.05) is 50.0 Å². The van der Waals surface area contributed by atoms with Crippen molar-refractivity contribution in [1.29, 1.82) is 0 Å². The number of anilines is 1. The molecule has 1 unspecified atom stereocenters. The van der Waals surface area contributed by atoms with Crippen LogP contribution in [0.3, 0.4) is 0 Å². The smallest absolute Gasteiger partial charge is 0.321 e. The van der Waals surface area contributed by atoms with E-state index in [2.05, 4.69) is 35.9 Å². The first-order valence-corrected chi connectivity index (χ1v) is 11.1. The first kappa shape index (κ1) is 21.7. The van der Waals surface area contributed by atoms with Crippen LogP contribution in [0, 0.1) is 0 Å². The topological polar surface area (TPSA) is 118 Å². The molecule has 0 saturated carbocycles. The summed E-state index contributed by atoms with van der Waals surface area (Å²) in [5.74, 6) is 1.79. The molecule has 2 amide bonds. The zero-order valence-electron chi connectivity index (χ0n) is 19.0. The third-order valence-electron chi connectivity index (χ3n) is 5.97. The second-order valence-corrected chi connectivity index (χ2v) is 8.16. The van der Waals surface area contributed by atoms with Gasteiger partial charge in [-0.2, -0.15) is 4.98 Å². The van der Waals surface area contributed by atoms with Crippen LogP contribution in [-0.2, 0) is 7.05 Å². The molecule has 0 aliphatic carbocycles. The number of piperazine rings is 1. The van der Waals surface area contributed by atoms with E-state index in [0.717, 1.165) is 11.1 Å². The molecule has 11 nitrogen and oxygen atoms in total. The van der Waals surface area contributed by atoms with E-state index in [1.54, 1.807) is 11.7 Å². The van der Waals surface area contributed by atoms with Crippen LogP contribution in [-0.4, -0.2) is 72.4 Å². The Kier molecular flexibility index (Phi) is 6.00. The molecular formula is C23H25N9O2. The standard InChI is InChI=1S/C23H25N9O2/c1-16(22-25-20(27-34-22)17-7-4-3-5-8-17)31-11-13-32(14-12-31)23(33)24-19-10-6-9-18(15-19)21-26-28-29-30(21)2/h3-10,15-16H,11-14H2,1-2H3,(H,24,33). The molecule has 174 valence electrons. The van der Waals surface area contributed by atoms with Gasteiger partial charge in [-0.15, -0.1) is 5.10 Å². The molecule has 34 heavy (non-hydrogen) atoms. The molecule has 3 heterocycles. The lowest BCUT2D eigenvalue weighted by Gasteiger charge is -2.36.